The second-order valence-corrected chi connectivity index (χ2v) is 10.3. The number of benzene rings is 1. The summed E-state index contributed by atoms with van der Waals surface area (Å²) in [4.78, 5) is 42.6. The van der Waals surface area contributed by atoms with Crippen LogP contribution in [0.4, 0.5) is 15.8 Å². The Balaban J connectivity index is 1.46. The summed E-state index contributed by atoms with van der Waals surface area (Å²) in [5, 5.41) is 12.9. The summed E-state index contributed by atoms with van der Waals surface area (Å²) in [5.41, 5.74) is 0.381. The Morgan fingerprint density at radius 1 is 1.25 bits per heavy atom. The van der Waals surface area contributed by atoms with Gasteiger partial charge in [-0.2, -0.15) is 0 Å². The van der Waals surface area contributed by atoms with E-state index in [1.54, 1.807) is 29.0 Å². The Morgan fingerprint density at radius 3 is 2.64 bits per heavy atom. The van der Waals surface area contributed by atoms with Crippen molar-refractivity contribution >= 4 is 23.2 Å². The van der Waals surface area contributed by atoms with E-state index in [4.69, 9.17) is 4.74 Å². The van der Waals surface area contributed by atoms with Crippen LogP contribution >= 0.6 is 0 Å². The Kier molecular flexibility index (Phi) is 6.34. The normalized spacial score (nSPS) is 18.8. The molecule has 1 atom stereocenters. The standard InChI is InChI=1S/C26H31FN4O5/c1-26(2,35)22(27)15-30-14-16-12-20(21(13-19(16)24(30)33)29-8-10-36-11-9-29)28-23(32)18-4-3-7-31(25(18)34)17-5-6-17/h3-4,7,12-13,17,22,35H,5-6,8-11,14-15H2,1-2H3,(H,28,32). The van der Waals surface area contributed by atoms with Gasteiger partial charge in [-0.15, -0.1) is 0 Å². The Labute approximate surface area is 208 Å². The van der Waals surface area contributed by atoms with Crippen LogP contribution in [0.2, 0.25) is 0 Å². The van der Waals surface area contributed by atoms with Gasteiger partial charge in [0.2, 0.25) is 0 Å². The molecule has 1 unspecified atom stereocenters. The number of aliphatic hydroxyl groups is 1. The van der Waals surface area contributed by atoms with Crippen molar-refractivity contribution in [2.24, 2.45) is 0 Å². The van der Waals surface area contributed by atoms with Crippen molar-refractivity contribution in [3.8, 4) is 0 Å². The summed E-state index contributed by atoms with van der Waals surface area (Å²) < 4.78 is 21.6. The molecule has 3 heterocycles. The van der Waals surface area contributed by atoms with Gasteiger partial charge in [0, 0.05) is 37.4 Å². The number of alkyl halides is 1. The van der Waals surface area contributed by atoms with E-state index in [1.165, 1.54) is 24.8 Å². The first kappa shape index (κ1) is 24.5. The smallest absolute Gasteiger partial charge is 0.263 e. The monoisotopic (exact) mass is 498 g/mol. The number of pyridine rings is 1. The number of nitrogens with one attached hydrogen (secondary N) is 1. The number of carbonyl (C=O) groups is 2. The molecule has 2 aliphatic heterocycles. The molecule has 2 fully saturated rings. The number of morpholine rings is 1. The molecule has 9 nitrogen and oxygen atoms in total. The number of anilines is 2. The molecule has 1 saturated carbocycles. The van der Waals surface area contributed by atoms with Crippen molar-refractivity contribution in [2.75, 3.05) is 43.1 Å². The zero-order valence-corrected chi connectivity index (χ0v) is 20.5. The molecule has 2 amide bonds. The highest BCUT2D eigenvalue weighted by Gasteiger charge is 2.36. The highest BCUT2D eigenvalue weighted by atomic mass is 19.1. The lowest BCUT2D eigenvalue weighted by atomic mass is 10.0. The zero-order chi connectivity index (χ0) is 25.6. The average molecular weight is 499 g/mol. The van der Waals surface area contributed by atoms with E-state index in [9.17, 15) is 23.9 Å². The van der Waals surface area contributed by atoms with Gasteiger partial charge in [0.25, 0.3) is 17.4 Å². The predicted molar refractivity (Wildman–Crippen MR) is 132 cm³/mol. The number of hydrogen-bond donors (Lipinski definition) is 2. The maximum Gasteiger partial charge on any atom is 0.263 e. The number of amides is 2. The molecule has 1 aromatic carbocycles. The van der Waals surface area contributed by atoms with E-state index >= 15 is 0 Å². The molecule has 1 saturated heterocycles. The van der Waals surface area contributed by atoms with Crippen LogP contribution < -0.4 is 15.8 Å². The Morgan fingerprint density at radius 2 is 1.97 bits per heavy atom. The van der Waals surface area contributed by atoms with Crippen LogP contribution in [-0.2, 0) is 11.3 Å². The van der Waals surface area contributed by atoms with Gasteiger partial charge in [-0.25, -0.2) is 4.39 Å². The molecule has 36 heavy (non-hydrogen) atoms. The minimum Gasteiger partial charge on any atom is -0.387 e. The summed E-state index contributed by atoms with van der Waals surface area (Å²) in [6.45, 7) is 4.82. The maximum atomic E-state index is 14.5. The van der Waals surface area contributed by atoms with Gasteiger partial charge in [0.05, 0.1) is 36.7 Å². The number of nitrogens with zero attached hydrogens (tertiary/aromatic N) is 3. The van der Waals surface area contributed by atoms with Crippen molar-refractivity contribution in [2.45, 2.75) is 51.0 Å². The molecule has 0 radical (unpaired) electrons. The van der Waals surface area contributed by atoms with Crippen molar-refractivity contribution in [3.63, 3.8) is 0 Å². The van der Waals surface area contributed by atoms with Crippen LogP contribution in [0.3, 0.4) is 0 Å². The van der Waals surface area contributed by atoms with E-state index < -0.39 is 17.7 Å². The van der Waals surface area contributed by atoms with Gasteiger partial charge >= 0.3 is 0 Å². The first-order valence-corrected chi connectivity index (χ1v) is 12.3. The highest BCUT2D eigenvalue weighted by molar-refractivity contribution is 6.07. The lowest BCUT2D eigenvalue weighted by Crippen LogP contribution is -2.42. The average Bonchev–Trinajstić information content (AvgIpc) is 3.64. The van der Waals surface area contributed by atoms with Crippen LogP contribution in [0.1, 0.15) is 59.0 Å². The van der Waals surface area contributed by atoms with Crippen molar-refractivity contribution in [1.29, 1.82) is 0 Å². The molecule has 1 aliphatic carbocycles. The summed E-state index contributed by atoms with van der Waals surface area (Å²) in [6, 6.07) is 6.82. The van der Waals surface area contributed by atoms with Crippen LogP contribution in [0.25, 0.3) is 0 Å². The van der Waals surface area contributed by atoms with E-state index in [0.29, 0.717) is 48.8 Å². The minimum atomic E-state index is -1.61. The lowest BCUT2D eigenvalue weighted by Gasteiger charge is -2.31. The Hall–Kier alpha value is -3.24. The number of aromatic nitrogens is 1. The summed E-state index contributed by atoms with van der Waals surface area (Å²) in [5.74, 6) is -0.837. The van der Waals surface area contributed by atoms with Gasteiger partial charge in [-0.3, -0.25) is 14.4 Å². The fourth-order valence-corrected chi connectivity index (χ4v) is 4.65. The molecule has 2 aromatic rings. The van der Waals surface area contributed by atoms with Crippen LogP contribution in [0.15, 0.2) is 35.3 Å². The van der Waals surface area contributed by atoms with E-state index in [2.05, 4.69) is 5.32 Å². The van der Waals surface area contributed by atoms with E-state index in [0.717, 1.165) is 12.8 Å². The third-order valence-electron chi connectivity index (χ3n) is 7.01. The SMILES string of the molecule is CC(C)(O)C(F)CN1Cc2cc(NC(=O)c3cccn(C4CC4)c3=O)c(N3CCOCC3)cc2C1=O. The molecule has 0 spiro atoms. The summed E-state index contributed by atoms with van der Waals surface area (Å²) in [6.07, 6.45) is 1.95. The topological polar surface area (TPSA) is 104 Å². The summed E-state index contributed by atoms with van der Waals surface area (Å²) >= 11 is 0. The molecule has 5 rings (SSSR count). The number of fused-ring (bicyclic) bond motifs is 1. The van der Waals surface area contributed by atoms with Gasteiger partial charge < -0.3 is 29.5 Å². The molecule has 0 bridgehead atoms. The molecule has 1 aromatic heterocycles. The van der Waals surface area contributed by atoms with Gasteiger partial charge in [-0.05, 0) is 56.5 Å². The van der Waals surface area contributed by atoms with Gasteiger partial charge in [0.1, 0.15) is 11.7 Å². The molecule has 2 N–H and O–H groups in total. The van der Waals surface area contributed by atoms with Crippen molar-refractivity contribution in [3.05, 3.63) is 57.5 Å². The fourth-order valence-electron chi connectivity index (χ4n) is 4.65. The highest BCUT2D eigenvalue weighted by Crippen LogP contribution is 2.36. The van der Waals surface area contributed by atoms with Gasteiger partial charge in [0.15, 0.2) is 0 Å². The molecule has 10 heteroatoms. The molecular formula is C26H31FN4O5. The first-order chi connectivity index (χ1) is 17.1. The van der Waals surface area contributed by atoms with Gasteiger partial charge in [-0.1, -0.05) is 0 Å². The molecule has 3 aliphatic rings. The lowest BCUT2D eigenvalue weighted by molar-refractivity contribution is -0.0159. The van der Waals surface area contributed by atoms with Crippen molar-refractivity contribution in [1.82, 2.24) is 9.47 Å². The molecule has 192 valence electrons. The van der Waals surface area contributed by atoms with Crippen molar-refractivity contribution < 1.29 is 23.8 Å². The number of hydrogen-bond acceptors (Lipinski definition) is 6. The second kappa shape index (κ2) is 9.33. The maximum absolute atomic E-state index is 14.5. The van der Waals surface area contributed by atoms with Crippen LogP contribution in [0, 0.1) is 0 Å². The minimum absolute atomic E-state index is 0.0565. The Bertz CT molecular complexity index is 1240. The summed E-state index contributed by atoms with van der Waals surface area (Å²) in [7, 11) is 0. The fraction of sp³-hybridized carbons (Fsp3) is 0.500. The number of ether oxygens (including phenoxy) is 1. The zero-order valence-electron chi connectivity index (χ0n) is 20.5. The van der Waals surface area contributed by atoms with E-state index in [-0.39, 0.29) is 36.2 Å². The molecular weight excluding hydrogens is 467 g/mol. The van der Waals surface area contributed by atoms with E-state index in [1.807, 2.05) is 4.90 Å². The number of carbonyl (C=O) groups excluding carboxylic acids is 2. The second-order valence-electron chi connectivity index (χ2n) is 10.3. The first-order valence-electron chi connectivity index (χ1n) is 12.3. The number of halogens is 1. The largest absolute Gasteiger partial charge is 0.387 e. The quantitative estimate of drug-likeness (QED) is 0.607. The number of rotatable bonds is 7. The third-order valence-corrected chi connectivity index (χ3v) is 7.01. The van der Waals surface area contributed by atoms with Crippen LogP contribution in [-0.4, -0.2) is 71.0 Å². The van der Waals surface area contributed by atoms with Crippen LogP contribution in [0.5, 0.6) is 0 Å². The third kappa shape index (κ3) is 4.75. The predicted octanol–water partition coefficient (Wildman–Crippen LogP) is 2.34.